The van der Waals surface area contributed by atoms with Crippen LogP contribution >= 0.6 is 0 Å². The van der Waals surface area contributed by atoms with Gasteiger partial charge in [0.2, 0.25) is 0 Å². The van der Waals surface area contributed by atoms with E-state index < -0.39 is 0 Å². The lowest BCUT2D eigenvalue weighted by atomic mass is 10.0. The van der Waals surface area contributed by atoms with Crippen LogP contribution in [0.1, 0.15) is 49.3 Å². The number of aromatic nitrogens is 4. The zero-order chi connectivity index (χ0) is 14.7. The maximum atomic E-state index is 4.68. The van der Waals surface area contributed by atoms with Gasteiger partial charge in [-0.3, -0.25) is 9.36 Å². The fourth-order valence-corrected chi connectivity index (χ4v) is 2.35. The Balaban J connectivity index is 2.14. The third-order valence-electron chi connectivity index (χ3n) is 4.12. The number of nitrogens with zero attached hydrogens (tertiary/aromatic N) is 4. The molecule has 2 unspecified atom stereocenters. The van der Waals surface area contributed by atoms with E-state index in [0.29, 0.717) is 6.04 Å². The second-order valence-electron chi connectivity index (χ2n) is 5.40. The summed E-state index contributed by atoms with van der Waals surface area (Å²) in [7, 11) is 3.96. The van der Waals surface area contributed by atoms with Crippen LogP contribution in [-0.4, -0.2) is 26.6 Å². The first kappa shape index (κ1) is 14.8. The maximum absolute atomic E-state index is 4.68. The van der Waals surface area contributed by atoms with Crippen molar-refractivity contribution < 1.29 is 0 Å². The van der Waals surface area contributed by atoms with Crippen molar-refractivity contribution in [3.8, 4) is 0 Å². The second kappa shape index (κ2) is 6.22. The zero-order valence-corrected chi connectivity index (χ0v) is 13.1. The number of aryl methyl sites for hydroxylation is 1. The molecule has 0 fully saturated rings. The second-order valence-corrected chi connectivity index (χ2v) is 5.40. The predicted molar refractivity (Wildman–Crippen MR) is 80.7 cm³/mol. The van der Waals surface area contributed by atoms with E-state index in [1.165, 1.54) is 11.3 Å². The Morgan fingerprint density at radius 1 is 1.40 bits per heavy atom. The summed E-state index contributed by atoms with van der Waals surface area (Å²) >= 11 is 0. The first-order valence-electron chi connectivity index (χ1n) is 7.26. The van der Waals surface area contributed by atoms with Gasteiger partial charge in [0.25, 0.3) is 0 Å². The number of likely N-dealkylation sites (N-methyl/N-ethyl adjacent to an activating group) is 1. The van der Waals surface area contributed by atoms with Crippen LogP contribution in [0, 0.1) is 6.92 Å². The molecule has 2 rings (SSSR count). The lowest BCUT2D eigenvalue weighted by Crippen LogP contribution is -2.20. The lowest BCUT2D eigenvalue weighted by molar-refractivity contribution is 0.469. The molecular weight excluding hydrogens is 250 g/mol. The van der Waals surface area contributed by atoms with Gasteiger partial charge in [0.1, 0.15) is 0 Å². The highest BCUT2D eigenvalue weighted by Crippen LogP contribution is 2.21. The molecule has 5 nitrogen and oxygen atoms in total. The Labute approximate surface area is 121 Å². The molecule has 0 aliphatic heterocycles. The SMILES string of the molecule is CCC(C)n1ccc(CC(NC)c2cnn(C)c2C)n1. The number of hydrogen-bond donors (Lipinski definition) is 1. The monoisotopic (exact) mass is 275 g/mol. The van der Waals surface area contributed by atoms with E-state index in [-0.39, 0.29) is 6.04 Å². The summed E-state index contributed by atoms with van der Waals surface area (Å²) in [6.45, 7) is 6.48. The molecular formula is C15H25N5. The van der Waals surface area contributed by atoms with Gasteiger partial charge in [0.15, 0.2) is 0 Å². The van der Waals surface area contributed by atoms with Crippen molar-refractivity contribution in [3.05, 3.63) is 35.4 Å². The van der Waals surface area contributed by atoms with Gasteiger partial charge < -0.3 is 5.32 Å². The van der Waals surface area contributed by atoms with Crippen LogP contribution in [0.5, 0.6) is 0 Å². The van der Waals surface area contributed by atoms with Crippen LogP contribution in [-0.2, 0) is 13.5 Å². The molecule has 0 radical (unpaired) electrons. The Bertz CT molecular complexity index is 554. The zero-order valence-electron chi connectivity index (χ0n) is 13.1. The summed E-state index contributed by atoms with van der Waals surface area (Å²) < 4.78 is 3.97. The molecule has 2 aromatic rings. The molecule has 20 heavy (non-hydrogen) atoms. The van der Waals surface area contributed by atoms with Crippen LogP contribution in [0.3, 0.4) is 0 Å². The standard InChI is InChI=1S/C15H25N5/c1-6-11(2)20-8-7-13(18-20)9-15(16-4)14-10-17-19(5)12(14)3/h7-8,10-11,15-16H,6,9H2,1-5H3. The molecule has 2 aromatic heterocycles. The van der Waals surface area contributed by atoms with Gasteiger partial charge in [0, 0.05) is 43.0 Å². The molecule has 0 aliphatic carbocycles. The summed E-state index contributed by atoms with van der Waals surface area (Å²) in [4.78, 5) is 0. The van der Waals surface area contributed by atoms with Crippen LogP contribution in [0.15, 0.2) is 18.5 Å². The van der Waals surface area contributed by atoms with Gasteiger partial charge in [-0.15, -0.1) is 0 Å². The average Bonchev–Trinajstić information content (AvgIpc) is 3.04. The quantitative estimate of drug-likeness (QED) is 0.880. The van der Waals surface area contributed by atoms with Crippen molar-refractivity contribution in [2.24, 2.45) is 7.05 Å². The van der Waals surface area contributed by atoms with Gasteiger partial charge in [-0.1, -0.05) is 6.92 Å². The Morgan fingerprint density at radius 3 is 2.70 bits per heavy atom. The van der Waals surface area contributed by atoms with Gasteiger partial charge in [-0.25, -0.2) is 0 Å². The smallest absolute Gasteiger partial charge is 0.0643 e. The predicted octanol–water partition coefficient (Wildman–Crippen LogP) is 2.40. The lowest BCUT2D eigenvalue weighted by Gasteiger charge is -2.15. The van der Waals surface area contributed by atoms with E-state index in [9.17, 15) is 0 Å². The maximum Gasteiger partial charge on any atom is 0.0643 e. The highest BCUT2D eigenvalue weighted by molar-refractivity contribution is 5.22. The van der Waals surface area contributed by atoms with Gasteiger partial charge in [0.05, 0.1) is 11.9 Å². The van der Waals surface area contributed by atoms with Crippen molar-refractivity contribution in [1.29, 1.82) is 0 Å². The Kier molecular flexibility index (Phi) is 4.60. The molecule has 110 valence electrons. The number of hydrogen-bond acceptors (Lipinski definition) is 3. The largest absolute Gasteiger partial charge is 0.313 e. The average molecular weight is 275 g/mol. The fourth-order valence-electron chi connectivity index (χ4n) is 2.35. The molecule has 2 atom stereocenters. The van der Waals surface area contributed by atoms with Gasteiger partial charge >= 0.3 is 0 Å². The molecule has 0 aromatic carbocycles. The first-order chi connectivity index (χ1) is 9.56. The van der Waals surface area contributed by atoms with Crippen LogP contribution < -0.4 is 5.32 Å². The van der Waals surface area contributed by atoms with Gasteiger partial charge in [-0.05, 0) is 33.4 Å². The molecule has 1 N–H and O–H groups in total. The first-order valence-corrected chi connectivity index (χ1v) is 7.26. The molecule has 2 heterocycles. The van der Waals surface area contributed by atoms with Crippen LogP contribution in [0.4, 0.5) is 0 Å². The van der Waals surface area contributed by atoms with Crippen LogP contribution in [0.25, 0.3) is 0 Å². The van der Waals surface area contributed by atoms with E-state index in [4.69, 9.17) is 0 Å². The minimum atomic E-state index is 0.254. The summed E-state index contributed by atoms with van der Waals surface area (Å²) in [6, 6.07) is 2.82. The highest BCUT2D eigenvalue weighted by atomic mass is 15.3. The summed E-state index contributed by atoms with van der Waals surface area (Å²) in [5.74, 6) is 0. The van der Waals surface area contributed by atoms with E-state index >= 15 is 0 Å². The summed E-state index contributed by atoms with van der Waals surface area (Å²) in [6.07, 6.45) is 6.00. The third kappa shape index (κ3) is 2.93. The molecule has 5 heteroatoms. The molecule has 0 saturated carbocycles. The Morgan fingerprint density at radius 2 is 2.15 bits per heavy atom. The van der Waals surface area contributed by atoms with E-state index in [2.05, 4.69) is 53.2 Å². The molecule has 0 amide bonds. The van der Waals surface area contributed by atoms with Crippen molar-refractivity contribution >= 4 is 0 Å². The van der Waals surface area contributed by atoms with Crippen molar-refractivity contribution in [1.82, 2.24) is 24.9 Å². The summed E-state index contributed by atoms with van der Waals surface area (Å²) in [5.41, 5.74) is 3.56. The minimum absolute atomic E-state index is 0.254. The van der Waals surface area contributed by atoms with Crippen LogP contribution in [0.2, 0.25) is 0 Å². The summed E-state index contributed by atoms with van der Waals surface area (Å²) in [5, 5.41) is 12.4. The third-order valence-corrected chi connectivity index (χ3v) is 4.12. The van der Waals surface area contributed by atoms with E-state index in [1.54, 1.807) is 0 Å². The molecule has 0 saturated heterocycles. The normalized spacial score (nSPS) is 14.4. The number of nitrogens with one attached hydrogen (secondary N) is 1. The fraction of sp³-hybridized carbons (Fsp3) is 0.600. The van der Waals surface area contributed by atoms with E-state index in [0.717, 1.165) is 18.5 Å². The molecule has 0 bridgehead atoms. The van der Waals surface area contributed by atoms with Gasteiger partial charge in [-0.2, -0.15) is 10.2 Å². The topological polar surface area (TPSA) is 47.7 Å². The molecule has 0 spiro atoms. The highest BCUT2D eigenvalue weighted by Gasteiger charge is 2.17. The minimum Gasteiger partial charge on any atom is -0.313 e. The van der Waals surface area contributed by atoms with Crippen molar-refractivity contribution in [2.75, 3.05) is 7.05 Å². The van der Waals surface area contributed by atoms with E-state index in [1.807, 2.05) is 25.0 Å². The molecule has 0 aliphatic rings. The van der Waals surface area contributed by atoms with Crippen molar-refractivity contribution in [2.45, 2.75) is 45.7 Å². The Hall–Kier alpha value is -1.62. The van der Waals surface area contributed by atoms with Crippen molar-refractivity contribution in [3.63, 3.8) is 0 Å². The number of rotatable bonds is 6.